The van der Waals surface area contributed by atoms with Crippen LogP contribution in [0.1, 0.15) is 6.42 Å². The summed E-state index contributed by atoms with van der Waals surface area (Å²) in [7, 11) is 3.12. The number of carboxylic acids is 1. The van der Waals surface area contributed by atoms with Gasteiger partial charge in [-0.1, -0.05) is 0 Å². The van der Waals surface area contributed by atoms with Crippen molar-refractivity contribution in [2.24, 2.45) is 5.73 Å². The van der Waals surface area contributed by atoms with Crippen molar-refractivity contribution < 1.29 is 19.4 Å². The Labute approximate surface area is 106 Å². The van der Waals surface area contributed by atoms with E-state index >= 15 is 0 Å². The van der Waals surface area contributed by atoms with E-state index < -0.39 is 12.0 Å². The molecule has 1 rings (SSSR count). The summed E-state index contributed by atoms with van der Waals surface area (Å²) in [6.07, 6.45) is 0.351. The SMILES string of the molecule is COc1ccc(NCCC(N)C(=O)O)cc1OC. The summed E-state index contributed by atoms with van der Waals surface area (Å²) in [5.74, 6) is 0.263. The summed E-state index contributed by atoms with van der Waals surface area (Å²) in [5, 5.41) is 11.7. The minimum absolute atomic E-state index is 0.351. The van der Waals surface area contributed by atoms with Gasteiger partial charge in [0.2, 0.25) is 0 Å². The highest BCUT2D eigenvalue weighted by atomic mass is 16.5. The lowest BCUT2D eigenvalue weighted by atomic mass is 10.2. The van der Waals surface area contributed by atoms with Gasteiger partial charge in [0, 0.05) is 18.3 Å². The normalized spacial score (nSPS) is 11.7. The smallest absolute Gasteiger partial charge is 0.320 e. The van der Waals surface area contributed by atoms with Gasteiger partial charge in [0.25, 0.3) is 0 Å². The lowest BCUT2D eigenvalue weighted by Gasteiger charge is -2.12. The van der Waals surface area contributed by atoms with Crippen molar-refractivity contribution in [2.75, 3.05) is 26.1 Å². The molecule has 6 heteroatoms. The summed E-state index contributed by atoms with van der Waals surface area (Å²) in [6, 6.07) is 4.54. The Morgan fingerprint density at radius 3 is 2.61 bits per heavy atom. The predicted molar refractivity (Wildman–Crippen MR) is 68.3 cm³/mol. The van der Waals surface area contributed by atoms with Gasteiger partial charge in [0.15, 0.2) is 11.5 Å². The molecule has 0 aliphatic heterocycles. The van der Waals surface area contributed by atoms with E-state index in [9.17, 15) is 4.79 Å². The number of hydrogen-bond donors (Lipinski definition) is 3. The quantitative estimate of drug-likeness (QED) is 0.670. The lowest BCUT2D eigenvalue weighted by molar-refractivity contribution is -0.138. The number of ether oxygens (including phenoxy) is 2. The largest absolute Gasteiger partial charge is 0.493 e. The average molecular weight is 254 g/mol. The van der Waals surface area contributed by atoms with Crippen LogP contribution in [-0.2, 0) is 4.79 Å². The van der Waals surface area contributed by atoms with Crippen LogP contribution in [0.15, 0.2) is 18.2 Å². The third-order valence-electron chi connectivity index (χ3n) is 2.49. The second-order valence-electron chi connectivity index (χ2n) is 3.73. The maximum atomic E-state index is 10.5. The molecule has 0 aliphatic carbocycles. The van der Waals surface area contributed by atoms with E-state index in [0.717, 1.165) is 5.69 Å². The fraction of sp³-hybridized carbons (Fsp3) is 0.417. The molecule has 1 aromatic rings. The minimum Gasteiger partial charge on any atom is -0.493 e. The Balaban J connectivity index is 2.55. The van der Waals surface area contributed by atoms with Crippen molar-refractivity contribution in [3.05, 3.63) is 18.2 Å². The number of aliphatic carboxylic acids is 1. The van der Waals surface area contributed by atoms with Crippen molar-refractivity contribution in [2.45, 2.75) is 12.5 Å². The average Bonchev–Trinajstić information content (AvgIpc) is 2.38. The number of carboxylic acid groups (broad SMARTS) is 1. The van der Waals surface area contributed by atoms with Gasteiger partial charge in [-0.3, -0.25) is 4.79 Å². The molecule has 4 N–H and O–H groups in total. The van der Waals surface area contributed by atoms with E-state index in [1.165, 1.54) is 0 Å². The number of carbonyl (C=O) groups is 1. The van der Waals surface area contributed by atoms with E-state index in [2.05, 4.69) is 5.32 Å². The molecular weight excluding hydrogens is 236 g/mol. The zero-order chi connectivity index (χ0) is 13.5. The molecule has 0 radical (unpaired) electrons. The van der Waals surface area contributed by atoms with Gasteiger partial charge in [-0.05, 0) is 18.6 Å². The molecule has 0 fully saturated rings. The van der Waals surface area contributed by atoms with Crippen LogP contribution in [0.4, 0.5) is 5.69 Å². The highest BCUT2D eigenvalue weighted by molar-refractivity contribution is 5.73. The van der Waals surface area contributed by atoms with Gasteiger partial charge < -0.3 is 25.6 Å². The molecule has 0 heterocycles. The van der Waals surface area contributed by atoms with Gasteiger partial charge >= 0.3 is 5.97 Å². The Morgan fingerprint density at radius 2 is 2.06 bits per heavy atom. The first-order chi connectivity index (χ1) is 8.58. The molecule has 1 aromatic carbocycles. The summed E-state index contributed by atoms with van der Waals surface area (Å²) < 4.78 is 10.3. The Kier molecular flexibility index (Phi) is 5.26. The highest BCUT2D eigenvalue weighted by Crippen LogP contribution is 2.29. The number of benzene rings is 1. The fourth-order valence-electron chi connectivity index (χ4n) is 1.44. The van der Waals surface area contributed by atoms with Crippen LogP contribution < -0.4 is 20.5 Å². The topological polar surface area (TPSA) is 93.8 Å². The zero-order valence-electron chi connectivity index (χ0n) is 10.5. The number of anilines is 1. The Hall–Kier alpha value is -1.95. The van der Waals surface area contributed by atoms with Crippen molar-refractivity contribution in [3.63, 3.8) is 0 Å². The van der Waals surface area contributed by atoms with Crippen molar-refractivity contribution in [1.29, 1.82) is 0 Å². The maximum absolute atomic E-state index is 10.5. The van der Waals surface area contributed by atoms with Gasteiger partial charge in [-0.25, -0.2) is 0 Å². The molecule has 1 unspecified atom stereocenters. The molecule has 0 saturated heterocycles. The fourth-order valence-corrected chi connectivity index (χ4v) is 1.44. The summed E-state index contributed by atoms with van der Waals surface area (Å²) in [5.41, 5.74) is 6.22. The van der Waals surface area contributed by atoms with E-state index in [1.807, 2.05) is 6.07 Å². The van der Waals surface area contributed by atoms with E-state index in [1.54, 1.807) is 26.4 Å². The van der Waals surface area contributed by atoms with Crippen LogP contribution in [0.2, 0.25) is 0 Å². The first kappa shape index (κ1) is 14.1. The van der Waals surface area contributed by atoms with Crippen LogP contribution in [0, 0.1) is 0 Å². The van der Waals surface area contributed by atoms with Crippen LogP contribution in [0.5, 0.6) is 11.5 Å². The van der Waals surface area contributed by atoms with Gasteiger partial charge in [0.05, 0.1) is 14.2 Å². The molecule has 0 saturated carbocycles. The van der Waals surface area contributed by atoms with Crippen molar-refractivity contribution in [3.8, 4) is 11.5 Å². The van der Waals surface area contributed by atoms with E-state index in [0.29, 0.717) is 24.5 Å². The van der Waals surface area contributed by atoms with Crippen LogP contribution in [0.3, 0.4) is 0 Å². The zero-order valence-corrected chi connectivity index (χ0v) is 10.5. The molecule has 0 aromatic heterocycles. The first-order valence-corrected chi connectivity index (χ1v) is 5.52. The first-order valence-electron chi connectivity index (χ1n) is 5.52. The second kappa shape index (κ2) is 6.70. The minimum atomic E-state index is -0.996. The third-order valence-corrected chi connectivity index (χ3v) is 2.49. The molecule has 6 nitrogen and oxygen atoms in total. The molecule has 0 aliphatic rings. The Bertz CT molecular complexity index is 409. The standard InChI is InChI=1S/C12H18N2O4/c1-17-10-4-3-8(7-11(10)18-2)14-6-5-9(13)12(15)16/h3-4,7,9,14H,5-6,13H2,1-2H3,(H,15,16). The molecule has 0 amide bonds. The van der Waals surface area contributed by atoms with Crippen molar-refractivity contribution >= 4 is 11.7 Å². The molecule has 0 bridgehead atoms. The van der Waals surface area contributed by atoms with E-state index in [4.69, 9.17) is 20.3 Å². The molecule has 1 atom stereocenters. The Morgan fingerprint density at radius 1 is 1.39 bits per heavy atom. The van der Waals surface area contributed by atoms with Crippen LogP contribution in [-0.4, -0.2) is 37.9 Å². The third kappa shape index (κ3) is 3.81. The molecule has 100 valence electrons. The van der Waals surface area contributed by atoms with Gasteiger partial charge in [-0.2, -0.15) is 0 Å². The highest BCUT2D eigenvalue weighted by Gasteiger charge is 2.10. The van der Waals surface area contributed by atoms with Gasteiger partial charge in [-0.15, -0.1) is 0 Å². The van der Waals surface area contributed by atoms with E-state index in [-0.39, 0.29) is 0 Å². The summed E-state index contributed by atoms with van der Waals surface area (Å²) in [4.78, 5) is 10.5. The van der Waals surface area contributed by atoms with Crippen molar-refractivity contribution in [1.82, 2.24) is 0 Å². The van der Waals surface area contributed by atoms with Crippen LogP contribution in [0.25, 0.3) is 0 Å². The number of rotatable bonds is 7. The monoisotopic (exact) mass is 254 g/mol. The summed E-state index contributed by atoms with van der Waals surface area (Å²) >= 11 is 0. The molecule has 0 spiro atoms. The number of hydrogen-bond acceptors (Lipinski definition) is 5. The number of nitrogens with one attached hydrogen (secondary N) is 1. The molecule has 18 heavy (non-hydrogen) atoms. The molecular formula is C12H18N2O4. The number of methoxy groups -OCH3 is 2. The summed E-state index contributed by atoms with van der Waals surface area (Å²) in [6.45, 7) is 0.475. The predicted octanol–water partition coefficient (Wildman–Crippen LogP) is 0.918. The lowest BCUT2D eigenvalue weighted by Crippen LogP contribution is -2.32. The number of nitrogens with two attached hydrogens (primary N) is 1. The second-order valence-corrected chi connectivity index (χ2v) is 3.73. The maximum Gasteiger partial charge on any atom is 0.320 e. The van der Waals surface area contributed by atoms with Gasteiger partial charge in [0.1, 0.15) is 6.04 Å². The van der Waals surface area contributed by atoms with Crippen LogP contribution >= 0.6 is 0 Å².